The zero-order valence-electron chi connectivity index (χ0n) is 20.4. The van der Waals surface area contributed by atoms with Gasteiger partial charge in [0.1, 0.15) is 5.76 Å². The number of aryl methyl sites for hydroxylation is 1. The molecular weight excluding hydrogens is 454 g/mol. The summed E-state index contributed by atoms with van der Waals surface area (Å²) in [5, 5.41) is 0. The highest BCUT2D eigenvalue weighted by molar-refractivity contribution is 6.36. The van der Waals surface area contributed by atoms with Gasteiger partial charge in [-0.05, 0) is 74.5 Å². The lowest BCUT2D eigenvalue weighted by molar-refractivity contribution is -0.144. The Balaban J connectivity index is 1.24. The Bertz CT molecular complexity index is 1220. The zero-order valence-corrected chi connectivity index (χ0v) is 20.4. The van der Waals surface area contributed by atoms with E-state index in [4.69, 9.17) is 4.74 Å². The van der Waals surface area contributed by atoms with Crippen LogP contribution in [-0.2, 0) is 20.7 Å². The largest absolute Gasteiger partial charge is 0.471 e. The van der Waals surface area contributed by atoms with E-state index in [0.29, 0.717) is 48.9 Å². The molecular formula is C29H31N3O4. The van der Waals surface area contributed by atoms with Crippen LogP contribution in [0.4, 0.5) is 0 Å². The number of aromatic nitrogens is 1. The molecule has 0 saturated carbocycles. The quantitative estimate of drug-likeness (QED) is 0.617. The third kappa shape index (κ3) is 4.15. The standard InChI is InChI=1S/C29H31N3O4/c33-24-7-5-20-18-21(4-6-23(20)24)27-25(19-8-12-30-13-9-19)26(34)28(36-27)29(35)32-16-10-22(11-17-32)31-14-2-1-3-15-31/h4,6,8-9,12-13,18,22,28H,1-3,5,7,10-11,14-17H2. The predicted octanol–water partition coefficient (Wildman–Crippen LogP) is 3.52. The zero-order chi connectivity index (χ0) is 24.6. The minimum Gasteiger partial charge on any atom is -0.471 e. The topological polar surface area (TPSA) is 79.8 Å². The fourth-order valence-corrected chi connectivity index (χ4v) is 6.14. The molecule has 2 saturated heterocycles. The SMILES string of the molecule is O=C1CCc2cc(C3=C(c4ccncc4)C(=O)C(C(=O)N4CCC(N5CCCCC5)CC4)O3)ccc21. The van der Waals surface area contributed by atoms with E-state index in [2.05, 4.69) is 9.88 Å². The van der Waals surface area contributed by atoms with Crippen LogP contribution >= 0.6 is 0 Å². The van der Waals surface area contributed by atoms with Crippen LogP contribution < -0.4 is 0 Å². The maximum atomic E-state index is 13.7. The molecule has 2 fully saturated rings. The van der Waals surface area contributed by atoms with Crippen molar-refractivity contribution in [1.29, 1.82) is 0 Å². The number of Topliss-reactive ketones (excluding diaryl/α,β-unsaturated/α-hetero) is 2. The average Bonchev–Trinajstić information content (AvgIpc) is 3.48. The van der Waals surface area contributed by atoms with Crippen LogP contribution in [0.2, 0.25) is 0 Å². The molecule has 3 aliphatic heterocycles. The van der Waals surface area contributed by atoms with Gasteiger partial charge in [0.15, 0.2) is 5.78 Å². The molecule has 7 heteroatoms. The number of ketones is 2. The Morgan fingerprint density at radius 2 is 1.64 bits per heavy atom. The number of pyridine rings is 1. The summed E-state index contributed by atoms with van der Waals surface area (Å²) >= 11 is 0. The molecule has 1 amide bonds. The molecule has 1 atom stereocenters. The lowest BCUT2D eigenvalue weighted by atomic mass is 9.95. The van der Waals surface area contributed by atoms with Gasteiger partial charge < -0.3 is 14.5 Å². The monoisotopic (exact) mass is 485 g/mol. The summed E-state index contributed by atoms with van der Waals surface area (Å²) in [5.74, 6) is -0.00914. The molecule has 6 rings (SSSR count). The number of likely N-dealkylation sites (tertiary alicyclic amines) is 2. The molecule has 1 aromatic carbocycles. The maximum Gasteiger partial charge on any atom is 0.271 e. The number of hydrogen-bond acceptors (Lipinski definition) is 6. The molecule has 1 aromatic heterocycles. The van der Waals surface area contributed by atoms with Crippen molar-refractivity contribution < 1.29 is 19.1 Å². The van der Waals surface area contributed by atoms with E-state index in [9.17, 15) is 14.4 Å². The van der Waals surface area contributed by atoms with Crippen LogP contribution in [0.15, 0.2) is 42.7 Å². The van der Waals surface area contributed by atoms with Crippen LogP contribution in [-0.4, -0.2) is 70.6 Å². The normalized spacial score (nSPS) is 23.2. The van der Waals surface area contributed by atoms with E-state index in [1.54, 1.807) is 29.4 Å². The molecule has 186 valence electrons. The molecule has 36 heavy (non-hydrogen) atoms. The number of carbonyl (C=O) groups is 3. The van der Waals surface area contributed by atoms with Gasteiger partial charge in [0, 0.05) is 49.1 Å². The Kier molecular flexibility index (Phi) is 6.17. The summed E-state index contributed by atoms with van der Waals surface area (Å²) in [6.45, 7) is 3.59. The summed E-state index contributed by atoms with van der Waals surface area (Å²) in [7, 11) is 0. The van der Waals surface area contributed by atoms with Crippen molar-refractivity contribution in [3.63, 3.8) is 0 Å². The smallest absolute Gasteiger partial charge is 0.271 e. The summed E-state index contributed by atoms with van der Waals surface area (Å²) < 4.78 is 6.19. The summed E-state index contributed by atoms with van der Waals surface area (Å²) in [5.41, 5.74) is 3.51. The van der Waals surface area contributed by atoms with Crippen molar-refractivity contribution in [2.24, 2.45) is 0 Å². The second-order valence-electron chi connectivity index (χ2n) is 10.3. The van der Waals surface area contributed by atoms with Crippen LogP contribution in [0.1, 0.15) is 65.6 Å². The molecule has 1 aliphatic carbocycles. The van der Waals surface area contributed by atoms with E-state index in [1.807, 2.05) is 18.2 Å². The van der Waals surface area contributed by atoms with Gasteiger partial charge in [-0.1, -0.05) is 18.6 Å². The molecule has 7 nitrogen and oxygen atoms in total. The summed E-state index contributed by atoms with van der Waals surface area (Å²) in [4.78, 5) is 47.8. The number of ether oxygens (including phenoxy) is 1. The highest BCUT2D eigenvalue weighted by atomic mass is 16.5. The van der Waals surface area contributed by atoms with E-state index in [1.165, 1.54) is 19.3 Å². The molecule has 1 unspecified atom stereocenters. The van der Waals surface area contributed by atoms with E-state index in [0.717, 1.165) is 42.6 Å². The first-order valence-electron chi connectivity index (χ1n) is 13.1. The van der Waals surface area contributed by atoms with Crippen LogP contribution in [0.5, 0.6) is 0 Å². The summed E-state index contributed by atoms with van der Waals surface area (Å²) in [6.07, 6.45) is 8.97. The van der Waals surface area contributed by atoms with Crippen molar-refractivity contribution in [3.8, 4) is 0 Å². The first kappa shape index (κ1) is 23.1. The predicted molar refractivity (Wildman–Crippen MR) is 135 cm³/mol. The second-order valence-corrected chi connectivity index (χ2v) is 10.3. The molecule has 0 bridgehead atoms. The highest BCUT2D eigenvalue weighted by Crippen LogP contribution is 2.38. The van der Waals surface area contributed by atoms with Crippen molar-refractivity contribution in [2.45, 2.75) is 57.1 Å². The maximum absolute atomic E-state index is 13.7. The Labute approximate surface area is 211 Å². The lowest BCUT2D eigenvalue weighted by Crippen LogP contribution is -2.51. The van der Waals surface area contributed by atoms with Gasteiger partial charge in [0.2, 0.25) is 11.9 Å². The van der Waals surface area contributed by atoms with E-state index >= 15 is 0 Å². The minimum atomic E-state index is -1.18. The lowest BCUT2D eigenvalue weighted by Gasteiger charge is -2.40. The Morgan fingerprint density at radius 3 is 2.39 bits per heavy atom. The van der Waals surface area contributed by atoms with Crippen LogP contribution in [0.25, 0.3) is 11.3 Å². The van der Waals surface area contributed by atoms with Crippen LogP contribution in [0, 0.1) is 0 Å². The van der Waals surface area contributed by atoms with Crippen molar-refractivity contribution in [1.82, 2.24) is 14.8 Å². The van der Waals surface area contributed by atoms with E-state index < -0.39 is 6.10 Å². The van der Waals surface area contributed by atoms with Crippen molar-refractivity contribution in [2.75, 3.05) is 26.2 Å². The first-order chi connectivity index (χ1) is 17.6. The minimum absolute atomic E-state index is 0.143. The number of piperidine rings is 2. The van der Waals surface area contributed by atoms with Gasteiger partial charge in [-0.25, -0.2) is 0 Å². The molecule has 4 aliphatic rings. The number of amides is 1. The van der Waals surface area contributed by atoms with Crippen molar-refractivity contribution in [3.05, 3.63) is 65.0 Å². The number of fused-ring (bicyclic) bond motifs is 1. The molecule has 0 radical (unpaired) electrons. The van der Waals surface area contributed by atoms with Gasteiger partial charge in [-0.2, -0.15) is 0 Å². The fourth-order valence-electron chi connectivity index (χ4n) is 6.14. The third-order valence-electron chi connectivity index (χ3n) is 8.11. The van der Waals surface area contributed by atoms with Crippen molar-refractivity contribution >= 4 is 28.8 Å². The first-order valence-corrected chi connectivity index (χ1v) is 13.1. The van der Waals surface area contributed by atoms with Gasteiger partial charge in [-0.15, -0.1) is 0 Å². The number of nitrogens with zero attached hydrogens (tertiary/aromatic N) is 3. The fraction of sp³-hybridized carbons (Fsp3) is 0.448. The molecule has 4 heterocycles. The van der Waals surface area contributed by atoms with Gasteiger partial charge in [-0.3, -0.25) is 19.4 Å². The Morgan fingerprint density at radius 1 is 0.889 bits per heavy atom. The Hall–Kier alpha value is -3.32. The number of rotatable bonds is 4. The third-order valence-corrected chi connectivity index (χ3v) is 8.11. The molecule has 0 N–H and O–H groups in total. The van der Waals surface area contributed by atoms with E-state index in [-0.39, 0.29) is 17.5 Å². The highest BCUT2D eigenvalue weighted by Gasteiger charge is 2.44. The van der Waals surface area contributed by atoms with Gasteiger partial charge in [0.25, 0.3) is 5.91 Å². The second kappa shape index (κ2) is 9.62. The number of hydrogen-bond donors (Lipinski definition) is 0. The average molecular weight is 486 g/mol. The summed E-state index contributed by atoms with van der Waals surface area (Å²) in [6, 6.07) is 9.62. The van der Waals surface area contributed by atoms with Gasteiger partial charge in [0.05, 0.1) is 5.57 Å². The molecule has 0 spiro atoms. The molecule has 2 aromatic rings. The van der Waals surface area contributed by atoms with Gasteiger partial charge >= 0.3 is 0 Å². The van der Waals surface area contributed by atoms with Crippen LogP contribution in [0.3, 0.4) is 0 Å². The number of benzene rings is 1. The number of carbonyl (C=O) groups excluding carboxylic acids is 3.